The van der Waals surface area contributed by atoms with Gasteiger partial charge in [-0.25, -0.2) is 4.98 Å². The van der Waals surface area contributed by atoms with E-state index in [0.29, 0.717) is 18.3 Å². The molecule has 5 heteroatoms. The van der Waals surface area contributed by atoms with E-state index in [2.05, 4.69) is 11.9 Å². The van der Waals surface area contributed by atoms with Gasteiger partial charge < -0.3 is 4.42 Å². The number of hydrogen-bond donors (Lipinski definition) is 0. The van der Waals surface area contributed by atoms with Crippen LogP contribution in [0.25, 0.3) is 0 Å². The maximum Gasteiger partial charge on any atom is 0.451 e. The summed E-state index contributed by atoms with van der Waals surface area (Å²) in [5, 5.41) is 0. The molecule has 2 unspecified atom stereocenters. The Morgan fingerprint density at radius 2 is 2.06 bits per heavy atom. The summed E-state index contributed by atoms with van der Waals surface area (Å²) in [7, 11) is 0. The van der Waals surface area contributed by atoms with Crippen LogP contribution < -0.4 is 0 Å². The molecule has 0 bridgehead atoms. The Bertz CT molecular complexity index is 383. The van der Waals surface area contributed by atoms with Crippen molar-refractivity contribution in [1.82, 2.24) is 4.98 Å². The molecule has 0 aromatic carbocycles. The Morgan fingerprint density at radius 1 is 1.38 bits per heavy atom. The van der Waals surface area contributed by atoms with Crippen molar-refractivity contribution in [2.75, 3.05) is 0 Å². The summed E-state index contributed by atoms with van der Waals surface area (Å²) in [4.78, 5) is 3.84. The van der Waals surface area contributed by atoms with E-state index in [-0.39, 0.29) is 11.6 Å². The Morgan fingerprint density at radius 3 is 2.50 bits per heavy atom. The van der Waals surface area contributed by atoms with Crippen LogP contribution in [0.15, 0.2) is 4.42 Å². The van der Waals surface area contributed by atoms with E-state index >= 15 is 0 Å². The molecule has 1 fully saturated rings. The molecule has 0 saturated heterocycles. The fourth-order valence-corrected chi connectivity index (χ4v) is 2.09. The monoisotopic (exact) mass is 233 g/mol. The van der Waals surface area contributed by atoms with Crippen molar-refractivity contribution in [3.05, 3.63) is 17.3 Å². The van der Waals surface area contributed by atoms with Crippen molar-refractivity contribution in [3.8, 4) is 0 Å². The second-order valence-electron chi connectivity index (χ2n) is 4.39. The zero-order chi connectivity index (χ0) is 11.9. The molecule has 0 radical (unpaired) electrons. The van der Waals surface area contributed by atoms with Crippen LogP contribution in [0.3, 0.4) is 0 Å². The van der Waals surface area contributed by atoms with Crippen molar-refractivity contribution in [3.63, 3.8) is 0 Å². The van der Waals surface area contributed by atoms with Crippen LogP contribution in [0, 0.1) is 18.8 Å². The third-order valence-corrected chi connectivity index (χ3v) is 3.13. The van der Waals surface area contributed by atoms with Gasteiger partial charge in [-0.1, -0.05) is 13.3 Å². The lowest BCUT2D eigenvalue weighted by atomic mass is 10.2. The number of aromatic nitrogens is 1. The van der Waals surface area contributed by atoms with E-state index in [1.54, 1.807) is 0 Å². The average Bonchev–Trinajstić information content (AvgIpc) is 2.79. The van der Waals surface area contributed by atoms with Gasteiger partial charge in [-0.05, 0) is 25.2 Å². The predicted molar refractivity (Wildman–Crippen MR) is 51.8 cm³/mol. The van der Waals surface area contributed by atoms with Gasteiger partial charge in [0.05, 0.1) is 5.69 Å². The van der Waals surface area contributed by atoms with E-state index in [4.69, 9.17) is 4.42 Å². The van der Waals surface area contributed by atoms with Crippen molar-refractivity contribution in [2.24, 2.45) is 11.8 Å². The van der Waals surface area contributed by atoms with E-state index in [0.717, 1.165) is 12.8 Å². The lowest BCUT2D eigenvalue weighted by Crippen LogP contribution is -2.04. The van der Waals surface area contributed by atoms with Crippen LogP contribution in [0.4, 0.5) is 13.2 Å². The van der Waals surface area contributed by atoms with Gasteiger partial charge in [-0.2, -0.15) is 13.2 Å². The highest BCUT2D eigenvalue weighted by atomic mass is 19.4. The maximum absolute atomic E-state index is 12.4. The van der Waals surface area contributed by atoms with E-state index in [1.165, 1.54) is 6.92 Å². The summed E-state index contributed by atoms with van der Waals surface area (Å²) in [6.45, 7) is 3.42. The Hall–Kier alpha value is -1.00. The number of hydrogen-bond acceptors (Lipinski definition) is 2. The van der Waals surface area contributed by atoms with Crippen molar-refractivity contribution in [1.29, 1.82) is 0 Å². The minimum atomic E-state index is -4.43. The molecule has 2 rings (SSSR count). The summed E-state index contributed by atoms with van der Waals surface area (Å²) < 4.78 is 42.1. The predicted octanol–water partition coefficient (Wildman–Crippen LogP) is 3.59. The van der Waals surface area contributed by atoms with E-state index in [1.807, 2.05) is 0 Å². The molecular weight excluding hydrogens is 219 g/mol. The Balaban J connectivity index is 2.07. The minimum absolute atomic E-state index is 0.0591. The summed E-state index contributed by atoms with van der Waals surface area (Å²) in [6, 6.07) is 0. The van der Waals surface area contributed by atoms with E-state index < -0.39 is 11.9 Å². The first-order valence-electron chi connectivity index (χ1n) is 5.45. The lowest BCUT2D eigenvalue weighted by molar-refractivity contribution is -0.153. The molecular formula is C11H14F3NO. The fraction of sp³-hybridized carbons (Fsp3) is 0.727. The summed E-state index contributed by atoms with van der Waals surface area (Å²) in [5.41, 5.74) is -0.0591. The summed E-state index contributed by atoms with van der Waals surface area (Å²) in [5.74, 6) is 0.382. The van der Waals surface area contributed by atoms with Crippen LogP contribution in [0.1, 0.15) is 37.1 Å². The average molecular weight is 233 g/mol. The van der Waals surface area contributed by atoms with Crippen molar-refractivity contribution in [2.45, 2.75) is 39.3 Å². The maximum atomic E-state index is 12.4. The second-order valence-corrected chi connectivity index (χ2v) is 4.39. The number of nitrogens with zero attached hydrogens (tertiary/aromatic N) is 1. The van der Waals surface area contributed by atoms with Crippen LogP contribution in [0.5, 0.6) is 0 Å². The third-order valence-electron chi connectivity index (χ3n) is 3.13. The van der Waals surface area contributed by atoms with Crippen LogP contribution in [-0.2, 0) is 12.6 Å². The van der Waals surface area contributed by atoms with Gasteiger partial charge >= 0.3 is 6.18 Å². The molecule has 0 N–H and O–H groups in total. The smallest absolute Gasteiger partial charge is 0.436 e. The molecule has 0 aliphatic heterocycles. The van der Waals surface area contributed by atoms with Gasteiger partial charge in [-0.15, -0.1) is 0 Å². The number of alkyl halides is 3. The number of oxazole rings is 1. The normalized spacial score (nSPS) is 24.8. The zero-order valence-corrected chi connectivity index (χ0v) is 9.27. The van der Waals surface area contributed by atoms with Gasteiger partial charge in [-0.3, -0.25) is 0 Å². The molecule has 16 heavy (non-hydrogen) atoms. The number of rotatable bonds is 3. The highest BCUT2D eigenvalue weighted by Crippen LogP contribution is 2.43. The molecule has 1 saturated carbocycles. The third kappa shape index (κ3) is 2.23. The largest absolute Gasteiger partial charge is 0.451 e. The van der Waals surface area contributed by atoms with Crippen molar-refractivity contribution >= 4 is 0 Å². The standard InChI is InChI=1S/C11H14F3NO/c1-3-7-4-8(7)5-9-15-6(2)10(16-9)11(12,13)14/h7-8H,3-5H2,1-2H3. The second kappa shape index (κ2) is 3.79. The first kappa shape index (κ1) is 11.5. The number of halogens is 3. The van der Waals surface area contributed by atoms with Crippen LogP contribution in [0.2, 0.25) is 0 Å². The van der Waals surface area contributed by atoms with Crippen LogP contribution in [-0.4, -0.2) is 4.98 Å². The summed E-state index contributed by atoms with van der Waals surface area (Å²) in [6.07, 6.45) is -1.73. The molecule has 1 heterocycles. The number of aryl methyl sites for hydroxylation is 1. The molecule has 2 atom stereocenters. The molecule has 2 nitrogen and oxygen atoms in total. The molecule has 90 valence electrons. The topological polar surface area (TPSA) is 26.0 Å². The van der Waals surface area contributed by atoms with Gasteiger partial charge in [0, 0.05) is 6.42 Å². The Labute approximate surface area is 91.9 Å². The molecule has 1 aromatic rings. The van der Waals surface area contributed by atoms with Gasteiger partial charge in [0.15, 0.2) is 5.89 Å². The van der Waals surface area contributed by atoms with Gasteiger partial charge in [0.1, 0.15) is 0 Å². The minimum Gasteiger partial charge on any atom is -0.436 e. The highest BCUT2D eigenvalue weighted by Gasteiger charge is 2.40. The summed E-state index contributed by atoms with van der Waals surface area (Å²) >= 11 is 0. The Kier molecular flexibility index (Phi) is 2.72. The molecule has 0 amide bonds. The molecule has 0 spiro atoms. The van der Waals surface area contributed by atoms with Gasteiger partial charge in [0.25, 0.3) is 0 Å². The first-order chi connectivity index (χ1) is 7.41. The SMILES string of the molecule is CCC1CC1Cc1nc(C)c(C(F)(F)F)o1. The van der Waals surface area contributed by atoms with Crippen molar-refractivity contribution < 1.29 is 17.6 Å². The van der Waals surface area contributed by atoms with Gasteiger partial charge in [0.2, 0.25) is 5.76 Å². The highest BCUT2D eigenvalue weighted by molar-refractivity contribution is 5.12. The zero-order valence-electron chi connectivity index (χ0n) is 9.27. The molecule has 1 aliphatic rings. The quantitative estimate of drug-likeness (QED) is 0.797. The molecule has 1 aromatic heterocycles. The van der Waals surface area contributed by atoms with E-state index in [9.17, 15) is 13.2 Å². The first-order valence-corrected chi connectivity index (χ1v) is 5.45. The lowest BCUT2D eigenvalue weighted by Gasteiger charge is -2.01. The van der Waals surface area contributed by atoms with Crippen LogP contribution >= 0.6 is 0 Å². The fourth-order valence-electron chi connectivity index (χ4n) is 2.09. The molecule has 1 aliphatic carbocycles.